The van der Waals surface area contributed by atoms with Crippen molar-refractivity contribution in [3.63, 3.8) is 0 Å². The fraction of sp³-hybridized carbons (Fsp3) is 0.0526. The average molecular weight is 379 g/mol. The smallest absolute Gasteiger partial charge is 0.301 e. The second kappa shape index (κ2) is 6.65. The van der Waals surface area contributed by atoms with Crippen LogP contribution in [-0.4, -0.2) is 31.9 Å². The minimum atomic E-state index is -0.906. The number of Topliss-reactive ketones (excluding diaryl/α,β-unsaturated/α-hetero) is 1. The van der Waals surface area contributed by atoms with Gasteiger partial charge >= 0.3 is 5.91 Å². The molecule has 1 aliphatic heterocycles. The third kappa shape index (κ3) is 2.85. The summed E-state index contributed by atoms with van der Waals surface area (Å²) in [6.45, 7) is 0. The number of aliphatic hydroxyl groups is 1. The molecule has 2 aromatic heterocycles. The molecule has 8 heteroatoms. The number of carbonyl (C=O) groups is 2. The highest BCUT2D eigenvalue weighted by Crippen LogP contribution is 2.43. The molecule has 1 fully saturated rings. The first-order valence-corrected chi connectivity index (χ1v) is 8.85. The molecule has 1 unspecified atom stereocenters. The van der Waals surface area contributed by atoms with Crippen molar-refractivity contribution >= 4 is 33.9 Å². The van der Waals surface area contributed by atoms with Gasteiger partial charge in [-0.05, 0) is 29.8 Å². The van der Waals surface area contributed by atoms with E-state index in [1.165, 1.54) is 47.0 Å². The average Bonchev–Trinajstić information content (AvgIpc) is 3.29. The lowest BCUT2D eigenvalue weighted by molar-refractivity contribution is -0.132. The van der Waals surface area contributed by atoms with E-state index < -0.39 is 17.7 Å². The number of thiazole rings is 1. The van der Waals surface area contributed by atoms with Crippen LogP contribution in [0.3, 0.4) is 0 Å². The molecule has 0 bridgehead atoms. The van der Waals surface area contributed by atoms with Crippen LogP contribution in [0.5, 0.6) is 5.75 Å². The van der Waals surface area contributed by atoms with E-state index in [4.69, 9.17) is 0 Å². The molecular weight excluding hydrogens is 366 g/mol. The maximum absolute atomic E-state index is 12.8. The summed E-state index contributed by atoms with van der Waals surface area (Å²) < 4.78 is 0. The Balaban J connectivity index is 1.96. The van der Waals surface area contributed by atoms with Crippen molar-refractivity contribution in [2.24, 2.45) is 0 Å². The summed E-state index contributed by atoms with van der Waals surface area (Å²) in [6.07, 6.45) is 4.49. The summed E-state index contributed by atoms with van der Waals surface area (Å²) in [5, 5.41) is 22.7. The van der Waals surface area contributed by atoms with Crippen molar-refractivity contribution < 1.29 is 19.8 Å². The van der Waals surface area contributed by atoms with Gasteiger partial charge in [0.25, 0.3) is 5.78 Å². The van der Waals surface area contributed by atoms with Crippen molar-refractivity contribution in [3.05, 3.63) is 77.1 Å². The summed E-state index contributed by atoms with van der Waals surface area (Å²) in [6, 6.07) is 8.42. The lowest BCUT2D eigenvalue weighted by Gasteiger charge is -2.23. The first-order chi connectivity index (χ1) is 13.1. The van der Waals surface area contributed by atoms with Crippen molar-refractivity contribution in [2.75, 3.05) is 4.90 Å². The number of nitrogens with zero attached hydrogens (tertiary/aromatic N) is 3. The van der Waals surface area contributed by atoms with Crippen LogP contribution < -0.4 is 4.90 Å². The van der Waals surface area contributed by atoms with Crippen molar-refractivity contribution in [1.82, 2.24) is 9.97 Å². The second-order valence-electron chi connectivity index (χ2n) is 5.81. The minimum Gasteiger partial charge on any atom is -0.508 e. The standard InChI is InChI=1S/C19H13N3O4S/c23-13-3-1-2-12(10-13)15-14(16(24)11-4-6-20-7-5-11)17(25)18(26)22(15)19-21-8-9-27-19/h1-10,15,23-24H/b16-14+. The van der Waals surface area contributed by atoms with Gasteiger partial charge in [-0.1, -0.05) is 12.1 Å². The molecule has 3 heterocycles. The zero-order chi connectivity index (χ0) is 19.0. The predicted molar refractivity (Wildman–Crippen MR) is 99.2 cm³/mol. The monoisotopic (exact) mass is 379 g/mol. The first-order valence-electron chi connectivity index (χ1n) is 7.97. The van der Waals surface area contributed by atoms with Gasteiger partial charge in [-0.3, -0.25) is 19.5 Å². The van der Waals surface area contributed by atoms with Gasteiger partial charge in [-0.25, -0.2) is 4.98 Å². The normalized spacial score (nSPS) is 18.8. The van der Waals surface area contributed by atoms with Gasteiger partial charge in [0.1, 0.15) is 11.5 Å². The van der Waals surface area contributed by atoms with E-state index in [2.05, 4.69) is 9.97 Å². The SMILES string of the molecule is O=C1C(=O)N(c2nccs2)C(c2cccc(O)c2)/C1=C(\O)c1ccncc1. The van der Waals surface area contributed by atoms with Gasteiger partial charge in [0, 0.05) is 29.5 Å². The Morgan fingerprint density at radius 3 is 2.56 bits per heavy atom. The van der Waals surface area contributed by atoms with E-state index >= 15 is 0 Å². The number of aliphatic hydroxyl groups excluding tert-OH is 1. The summed E-state index contributed by atoms with van der Waals surface area (Å²) in [4.78, 5) is 34.8. The number of aromatic hydroxyl groups is 1. The van der Waals surface area contributed by atoms with Crippen LogP contribution in [-0.2, 0) is 9.59 Å². The zero-order valence-electron chi connectivity index (χ0n) is 13.8. The van der Waals surface area contributed by atoms with E-state index in [1.807, 2.05) is 0 Å². The third-order valence-corrected chi connectivity index (χ3v) is 4.98. The van der Waals surface area contributed by atoms with E-state index in [1.54, 1.807) is 29.6 Å². The summed E-state index contributed by atoms with van der Waals surface area (Å²) >= 11 is 1.20. The molecule has 1 saturated heterocycles. The minimum absolute atomic E-state index is 0.0128. The van der Waals surface area contributed by atoms with Crippen LogP contribution in [0, 0.1) is 0 Å². The highest BCUT2D eigenvalue weighted by atomic mass is 32.1. The number of phenolic OH excluding ortho intramolecular Hbond substituents is 1. The largest absolute Gasteiger partial charge is 0.508 e. The number of ketones is 1. The van der Waals surface area contributed by atoms with Crippen LogP contribution in [0.1, 0.15) is 17.2 Å². The molecule has 4 rings (SSSR count). The van der Waals surface area contributed by atoms with Crippen LogP contribution in [0.25, 0.3) is 5.76 Å². The van der Waals surface area contributed by atoms with Crippen molar-refractivity contribution in [1.29, 1.82) is 0 Å². The number of aromatic nitrogens is 2. The number of benzene rings is 1. The number of hydrogen-bond donors (Lipinski definition) is 2. The number of phenols is 1. The van der Waals surface area contributed by atoms with E-state index in [9.17, 15) is 19.8 Å². The Hall–Kier alpha value is -3.52. The Bertz CT molecular complexity index is 1050. The van der Waals surface area contributed by atoms with Gasteiger partial charge in [-0.2, -0.15) is 0 Å². The fourth-order valence-electron chi connectivity index (χ4n) is 3.04. The summed E-state index contributed by atoms with van der Waals surface area (Å²) in [5.41, 5.74) is 0.791. The molecule has 1 aromatic carbocycles. The van der Waals surface area contributed by atoms with Gasteiger partial charge < -0.3 is 10.2 Å². The van der Waals surface area contributed by atoms with Crippen molar-refractivity contribution in [3.8, 4) is 5.75 Å². The Morgan fingerprint density at radius 1 is 1.11 bits per heavy atom. The number of amides is 1. The highest BCUT2D eigenvalue weighted by Gasteiger charge is 2.48. The molecule has 2 N–H and O–H groups in total. The molecule has 0 aliphatic carbocycles. The number of pyridine rings is 1. The lowest BCUT2D eigenvalue weighted by Crippen LogP contribution is -2.29. The molecule has 134 valence electrons. The van der Waals surface area contributed by atoms with Gasteiger partial charge in [-0.15, -0.1) is 11.3 Å². The maximum Gasteiger partial charge on any atom is 0.301 e. The predicted octanol–water partition coefficient (Wildman–Crippen LogP) is 2.87. The molecule has 1 aliphatic rings. The summed E-state index contributed by atoms with van der Waals surface area (Å²) in [5.74, 6) is -1.91. The van der Waals surface area contributed by atoms with Gasteiger partial charge in [0.2, 0.25) is 0 Å². The number of hydrogen-bond acceptors (Lipinski definition) is 7. The topological polar surface area (TPSA) is 104 Å². The molecule has 3 aromatic rings. The van der Waals surface area contributed by atoms with Crippen LogP contribution in [0.2, 0.25) is 0 Å². The molecule has 1 amide bonds. The second-order valence-corrected chi connectivity index (χ2v) is 6.69. The number of carbonyl (C=O) groups excluding carboxylic acids is 2. The molecule has 0 radical (unpaired) electrons. The first kappa shape index (κ1) is 16.9. The zero-order valence-corrected chi connectivity index (χ0v) is 14.6. The van der Waals surface area contributed by atoms with Gasteiger partial charge in [0.15, 0.2) is 5.13 Å². The number of anilines is 1. The highest BCUT2D eigenvalue weighted by molar-refractivity contribution is 7.14. The van der Waals surface area contributed by atoms with Crippen LogP contribution in [0.15, 0.2) is 65.9 Å². The lowest BCUT2D eigenvalue weighted by atomic mass is 9.95. The van der Waals surface area contributed by atoms with E-state index in [0.717, 1.165) is 0 Å². The molecule has 0 spiro atoms. The summed E-state index contributed by atoms with van der Waals surface area (Å²) in [7, 11) is 0. The quantitative estimate of drug-likeness (QED) is 0.412. The Labute approximate surface area is 157 Å². The van der Waals surface area contributed by atoms with Crippen LogP contribution >= 0.6 is 11.3 Å². The number of rotatable bonds is 3. The van der Waals surface area contributed by atoms with Crippen molar-refractivity contribution in [2.45, 2.75) is 6.04 Å². The van der Waals surface area contributed by atoms with E-state index in [-0.39, 0.29) is 17.1 Å². The van der Waals surface area contributed by atoms with Gasteiger partial charge in [0.05, 0.1) is 11.6 Å². The third-order valence-electron chi connectivity index (χ3n) is 4.21. The molecular formula is C19H13N3O4S. The fourth-order valence-corrected chi connectivity index (χ4v) is 3.71. The molecule has 1 atom stereocenters. The maximum atomic E-state index is 12.8. The molecule has 27 heavy (non-hydrogen) atoms. The Kier molecular flexibility index (Phi) is 4.17. The van der Waals surface area contributed by atoms with Crippen LogP contribution in [0.4, 0.5) is 5.13 Å². The van der Waals surface area contributed by atoms with E-state index in [0.29, 0.717) is 16.3 Å². The molecule has 0 saturated carbocycles. The molecule has 7 nitrogen and oxygen atoms in total. The Morgan fingerprint density at radius 2 is 1.89 bits per heavy atom.